The summed E-state index contributed by atoms with van der Waals surface area (Å²) in [5.41, 5.74) is 6.34. The maximum Gasteiger partial charge on any atom is 0.142 e. The predicted octanol–water partition coefficient (Wildman–Crippen LogP) is 1.68. The van der Waals surface area contributed by atoms with E-state index in [0.29, 0.717) is 18.0 Å². The molecule has 0 saturated carbocycles. The summed E-state index contributed by atoms with van der Waals surface area (Å²) >= 11 is 0. The summed E-state index contributed by atoms with van der Waals surface area (Å²) in [4.78, 5) is 0. The van der Waals surface area contributed by atoms with Gasteiger partial charge in [-0.15, -0.1) is 0 Å². The highest BCUT2D eigenvalue weighted by atomic mass is 16.5. The molecule has 0 bridgehead atoms. The van der Waals surface area contributed by atoms with Crippen LogP contribution in [0.2, 0.25) is 0 Å². The van der Waals surface area contributed by atoms with Crippen molar-refractivity contribution in [2.24, 2.45) is 0 Å². The van der Waals surface area contributed by atoms with Crippen LogP contribution in [0.1, 0.15) is 6.92 Å². The van der Waals surface area contributed by atoms with Crippen molar-refractivity contribution in [3.8, 4) is 5.75 Å². The first-order valence-electron chi connectivity index (χ1n) is 4.24. The Morgan fingerprint density at radius 2 is 2.08 bits per heavy atom. The lowest BCUT2D eigenvalue weighted by atomic mass is 10.3. The number of hydrogen-bond donors (Lipinski definition) is 1. The number of benzene rings is 1. The van der Waals surface area contributed by atoms with E-state index in [0.717, 1.165) is 0 Å². The van der Waals surface area contributed by atoms with Gasteiger partial charge in [0.2, 0.25) is 0 Å². The molecule has 1 rings (SSSR count). The Hall–Kier alpha value is -1.22. The summed E-state index contributed by atoms with van der Waals surface area (Å²) in [6.45, 7) is 2.46. The zero-order valence-electron chi connectivity index (χ0n) is 7.99. The maximum absolute atomic E-state index is 5.68. The molecule has 0 radical (unpaired) electrons. The monoisotopic (exact) mass is 181 g/mol. The molecule has 2 N–H and O–H groups in total. The molecule has 3 heteroatoms. The molecule has 0 aliphatic rings. The Bertz CT molecular complexity index is 263. The topological polar surface area (TPSA) is 44.5 Å². The van der Waals surface area contributed by atoms with Crippen LogP contribution in [-0.2, 0) is 4.74 Å². The van der Waals surface area contributed by atoms with Gasteiger partial charge in [0.05, 0.1) is 11.8 Å². The smallest absolute Gasteiger partial charge is 0.142 e. The number of hydrogen-bond acceptors (Lipinski definition) is 3. The van der Waals surface area contributed by atoms with Crippen molar-refractivity contribution >= 4 is 5.69 Å². The average molecular weight is 181 g/mol. The van der Waals surface area contributed by atoms with Crippen LogP contribution in [0.5, 0.6) is 5.75 Å². The van der Waals surface area contributed by atoms with E-state index in [2.05, 4.69) is 0 Å². The van der Waals surface area contributed by atoms with Gasteiger partial charge in [-0.3, -0.25) is 0 Å². The maximum atomic E-state index is 5.68. The normalized spacial score (nSPS) is 12.5. The number of nitrogen functional groups attached to an aromatic ring is 1. The van der Waals surface area contributed by atoms with Crippen LogP contribution in [-0.4, -0.2) is 19.8 Å². The van der Waals surface area contributed by atoms with Gasteiger partial charge in [0.25, 0.3) is 0 Å². The van der Waals surface area contributed by atoms with Crippen molar-refractivity contribution in [3.05, 3.63) is 24.3 Å². The molecular weight excluding hydrogens is 166 g/mol. The summed E-state index contributed by atoms with van der Waals surface area (Å²) in [6.07, 6.45) is 0.0830. The number of anilines is 1. The fourth-order valence-corrected chi connectivity index (χ4v) is 0.887. The minimum atomic E-state index is 0.0830. The Morgan fingerprint density at radius 3 is 2.69 bits per heavy atom. The second kappa shape index (κ2) is 4.72. The Balaban J connectivity index is 2.50. The Morgan fingerprint density at radius 1 is 1.38 bits per heavy atom. The molecular formula is C10H15NO2. The third kappa shape index (κ3) is 2.95. The molecule has 0 spiro atoms. The first-order chi connectivity index (χ1) is 6.24. The van der Waals surface area contributed by atoms with Crippen LogP contribution in [0.4, 0.5) is 5.69 Å². The van der Waals surface area contributed by atoms with Crippen LogP contribution < -0.4 is 10.5 Å². The van der Waals surface area contributed by atoms with Gasteiger partial charge in [-0.1, -0.05) is 12.1 Å². The van der Waals surface area contributed by atoms with Gasteiger partial charge in [0, 0.05) is 7.11 Å². The molecule has 0 fully saturated rings. The average Bonchev–Trinajstić information content (AvgIpc) is 2.16. The molecule has 0 aliphatic heterocycles. The summed E-state index contributed by atoms with van der Waals surface area (Å²) in [5, 5.41) is 0. The summed E-state index contributed by atoms with van der Waals surface area (Å²) in [7, 11) is 1.66. The lowest BCUT2D eigenvalue weighted by molar-refractivity contribution is 0.0719. The number of ether oxygens (including phenoxy) is 2. The molecule has 0 amide bonds. The molecule has 0 heterocycles. The summed E-state index contributed by atoms with van der Waals surface area (Å²) in [6, 6.07) is 7.43. The minimum absolute atomic E-state index is 0.0830. The molecule has 1 aromatic carbocycles. The quantitative estimate of drug-likeness (QED) is 0.719. The van der Waals surface area contributed by atoms with Crippen molar-refractivity contribution in [3.63, 3.8) is 0 Å². The van der Waals surface area contributed by atoms with E-state index in [9.17, 15) is 0 Å². The lowest BCUT2D eigenvalue weighted by Crippen LogP contribution is -2.16. The van der Waals surface area contributed by atoms with Gasteiger partial charge >= 0.3 is 0 Å². The zero-order valence-corrected chi connectivity index (χ0v) is 7.99. The van der Waals surface area contributed by atoms with Crippen LogP contribution in [0, 0.1) is 0 Å². The van der Waals surface area contributed by atoms with Crippen molar-refractivity contribution in [2.75, 3.05) is 19.5 Å². The molecule has 13 heavy (non-hydrogen) atoms. The minimum Gasteiger partial charge on any atom is -0.489 e. The Labute approximate surface area is 78.5 Å². The highest BCUT2D eigenvalue weighted by molar-refractivity contribution is 5.51. The molecule has 0 saturated heterocycles. The van der Waals surface area contributed by atoms with Gasteiger partial charge < -0.3 is 15.2 Å². The second-order valence-corrected chi connectivity index (χ2v) is 2.90. The largest absolute Gasteiger partial charge is 0.489 e. The van der Waals surface area contributed by atoms with E-state index >= 15 is 0 Å². The standard InChI is InChI=1S/C10H15NO2/c1-8(12-2)7-13-10-6-4-3-5-9(10)11/h3-6,8H,7,11H2,1-2H3. The molecule has 1 unspecified atom stereocenters. The van der Waals surface area contributed by atoms with Crippen LogP contribution in [0.3, 0.4) is 0 Å². The van der Waals surface area contributed by atoms with Crippen LogP contribution in [0.15, 0.2) is 24.3 Å². The van der Waals surface area contributed by atoms with Gasteiger partial charge in [-0.25, -0.2) is 0 Å². The third-order valence-electron chi connectivity index (χ3n) is 1.79. The van der Waals surface area contributed by atoms with Gasteiger partial charge in [-0.05, 0) is 19.1 Å². The van der Waals surface area contributed by atoms with Crippen molar-refractivity contribution in [1.82, 2.24) is 0 Å². The first kappa shape index (κ1) is 9.86. The van der Waals surface area contributed by atoms with Crippen LogP contribution >= 0.6 is 0 Å². The summed E-state index contributed by atoms with van der Waals surface area (Å²) in [5.74, 6) is 0.714. The molecule has 3 nitrogen and oxygen atoms in total. The van der Waals surface area contributed by atoms with E-state index < -0.39 is 0 Å². The first-order valence-corrected chi connectivity index (χ1v) is 4.24. The molecule has 0 aromatic heterocycles. The predicted molar refractivity (Wildman–Crippen MR) is 52.8 cm³/mol. The fourth-order valence-electron chi connectivity index (χ4n) is 0.887. The number of methoxy groups -OCH3 is 1. The van der Waals surface area contributed by atoms with Gasteiger partial charge in [-0.2, -0.15) is 0 Å². The van der Waals surface area contributed by atoms with Crippen LogP contribution in [0.25, 0.3) is 0 Å². The molecule has 72 valence electrons. The summed E-state index contributed by atoms with van der Waals surface area (Å²) < 4.78 is 10.5. The molecule has 1 aromatic rings. The Kier molecular flexibility index (Phi) is 3.58. The highest BCUT2D eigenvalue weighted by Gasteiger charge is 2.02. The van der Waals surface area contributed by atoms with E-state index in [4.69, 9.17) is 15.2 Å². The van der Waals surface area contributed by atoms with Crippen molar-refractivity contribution < 1.29 is 9.47 Å². The van der Waals surface area contributed by atoms with E-state index in [1.165, 1.54) is 0 Å². The lowest BCUT2D eigenvalue weighted by Gasteiger charge is -2.12. The SMILES string of the molecule is COC(C)COc1ccccc1N. The van der Waals surface area contributed by atoms with E-state index in [-0.39, 0.29) is 6.10 Å². The highest BCUT2D eigenvalue weighted by Crippen LogP contribution is 2.19. The van der Waals surface area contributed by atoms with E-state index in [1.807, 2.05) is 31.2 Å². The van der Waals surface area contributed by atoms with Gasteiger partial charge in [0.15, 0.2) is 0 Å². The third-order valence-corrected chi connectivity index (χ3v) is 1.79. The molecule has 0 aliphatic carbocycles. The zero-order chi connectivity index (χ0) is 9.68. The fraction of sp³-hybridized carbons (Fsp3) is 0.400. The van der Waals surface area contributed by atoms with Gasteiger partial charge in [0.1, 0.15) is 12.4 Å². The molecule has 1 atom stereocenters. The second-order valence-electron chi connectivity index (χ2n) is 2.90. The number of rotatable bonds is 4. The number of para-hydroxylation sites is 2. The van der Waals surface area contributed by atoms with Crippen molar-refractivity contribution in [2.45, 2.75) is 13.0 Å². The number of nitrogens with two attached hydrogens (primary N) is 1. The van der Waals surface area contributed by atoms with Crippen molar-refractivity contribution in [1.29, 1.82) is 0 Å². The van der Waals surface area contributed by atoms with E-state index in [1.54, 1.807) is 7.11 Å².